The molecule has 0 aromatic carbocycles. The minimum atomic E-state index is -4.46. The van der Waals surface area contributed by atoms with Crippen LogP contribution in [0.1, 0.15) is 18.7 Å². The Hall–Kier alpha value is -2.34. The van der Waals surface area contributed by atoms with Gasteiger partial charge in [-0.3, -0.25) is 0 Å². The first-order chi connectivity index (χ1) is 14.7. The van der Waals surface area contributed by atoms with Crippen LogP contribution in [-0.4, -0.2) is 55.9 Å². The van der Waals surface area contributed by atoms with Gasteiger partial charge in [-0.2, -0.15) is 22.5 Å². The molecule has 13 heteroatoms. The molecule has 0 spiro atoms. The zero-order valence-electron chi connectivity index (χ0n) is 16.4. The van der Waals surface area contributed by atoms with E-state index in [-0.39, 0.29) is 22.5 Å². The number of nitrogens with one attached hydrogen (secondary N) is 1. The van der Waals surface area contributed by atoms with E-state index in [0.29, 0.717) is 17.8 Å². The van der Waals surface area contributed by atoms with Crippen LogP contribution in [0.5, 0.6) is 5.75 Å². The van der Waals surface area contributed by atoms with Gasteiger partial charge in [-0.1, -0.05) is 11.6 Å². The van der Waals surface area contributed by atoms with Gasteiger partial charge in [0.15, 0.2) is 18.0 Å². The molecule has 1 aliphatic heterocycles. The van der Waals surface area contributed by atoms with E-state index < -0.39 is 12.8 Å². The zero-order chi connectivity index (χ0) is 21.8. The van der Waals surface area contributed by atoms with Gasteiger partial charge in [-0.05, 0) is 31.6 Å². The molecular weight excluding hydrogens is 455 g/mol. The van der Waals surface area contributed by atoms with Gasteiger partial charge in [0.05, 0.1) is 5.02 Å². The monoisotopic (exact) mass is 473 g/mol. The van der Waals surface area contributed by atoms with Crippen molar-refractivity contribution >= 4 is 39.9 Å². The molecule has 1 saturated carbocycles. The highest BCUT2D eigenvalue weighted by Gasteiger charge is 2.43. The van der Waals surface area contributed by atoms with Crippen LogP contribution in [0.15, 0.2) is 12.3 Å². The summed E-state index contributed by atoms with van der Waals surface area (Å²) < 4.78 is 48.3. The third-order valence-electron chi connectivity index (χ3n) is 5.67. The number of piperidine rings is 1. The van der Waals surface area contributed by atoms with Crippen molar-refractivity contribution in [1.82, 2.24) is 24.0 Å². The average molecular weight is 474 g/mol. The lowest BCUT2D eigenvalue weighted by molar-refractivity contribution is -0.153. The van der Waals surface area contributed by atoms with Gasteiger partial charge in [0, 0.05) is 42.9 Å². The fourth-order valence-corrected chi connectivity index (χ4v) is 5.31. The van der Waals surface area contributed by atoms with Crippen molar-refractivity contribution in [3.8, 4) is 5.75 Å². The maximum atomic E-state index is 12.6. The van der Waals surface area contributed by atoms with E-state index >= 15 is 0 Å². The summed E-state index contributed by atoms with van der Waals surface area (Å²) >= 11 is 7.44. The molecule has 4 heterocycles. The Morgan fingerprint density at radius 1 is 1.26 bits per heavy atom. The van der Waals surface area contributed by atoms with Crippen LogP contribution in [0.2, 0.25) is 5.02 Å². The minimum Gasteiger partial charge on any atom is -0.480 e. The molecule has 0 unspecified atom stereocenters. The van der Waals surface area contributed by atoms with Gasteiger partial charge >= 0.3 is 6.18 Å². The van der Waals surface area contributed by atoms with Crippen LogP contribution in [-0.2, 0) is 0 Å². The molecule has 1 aliphatic carbocycles. The molecule has 8 nitrogen and oxygen atoms in total. The number of fused-ring (bicyclic) bond motifs is 3. The normalized spacial score (nSPS) is 23.5. The molecule has 31 heavy (non-hydrogen) atoms. The molecular formula is C18H19ClF3N7OS. The summed E-state index contributed by atoms with van der Waals surface area (Å²) in [6, 6.07) is 1.49. The van der Waals surface area contributed by atoms with Crippen LogP contribution in [0.4, 0.5) is 24.3 Å². The number of nitrogens with zero attached hydrogens (tertiary/aromatic N) is 6. The smallest absolute Gasteiger partial charge is 0.422 e. The van der Waals surface area contributed by atoms with Crippen molar-refractivity contribution in [2.45, 2.75) is 32.0 Å². The Labute approximate surface area is 184 Å². The standard InChI is InChI=1S/C18H19ClF3N7OS/c1-9-23-17(31-27-9)28-5-10-2-3-11(6-28)14(10)24-16-25-15-13(30-8-18(20,21)22)4-12(19)7-29(15)26-16/h4,7,10-11,14H,2-3,5-6,8H2,1H3,(H,24,26)/t10-,11+,14-. The van der Waals surface area contributed by atoms with Crippen molar-refractivity contribution in [2.75, 3.05) is 29.9 Å². The summed E-state index contributed by atoms with van der Waals surface area (Å²) in [6.07, 6.45) is -0.810. The number of hydrogen-bond acceptors (Lipinski definition) is 8. The minimum absolute atomic E-state index is 0.0604. The summed E-state index contributed by atoms with van der Waals surface area (Å²) in [5.74, 6) is 1.85. The number of rotatable bonds is 5. The molecule has 2 aliphatic rings. The van der Waals surface area contributed by atoms with Gasteiger partial charge < -0.3 is 15.0 Å². The fourth-order valence-electron chi connectivity index (χ4n) is 4.43. The predicted octanol–water partition coefficient (Wildman–Crippen LogP) is 3.81. The van der Waals surface area contributed by atoms with Crippen LogP contribution >= 0.6 is 23.1 Å². The lowest BCUT2D eigenvalue weighted by atomic mass is 9.92. The third kappa shape index (κ3) is 4.22. The Morgan fingerprint density at radius 2 is 2.00 bits per heavy atom. The molecule has 0 amide bonds. The van der Waals surface area contributed by atoms with Gasteiger partial charge in [0.1, 0.15) is 5.82 Å². The van der Waals surface area contributed by atoms with E-state index in [9.17, 15) is 13.2 Å². The van der Waals surface area contributed by atoms with Crippen LogP contribution in [0.3, 0.4) is 0 Å². The van der Waals surface area contributed by atoms with E-state index in [0.717, 1.165) is 36.9 Å². The van der Waals surface area contributed by atoms with Crippen molar-refractivity contribution in [1.29, 1.82) is 0 Å². The lowest BCUT2D eigenvalue weighted by Crippen LogP contribution is -2.48. The molecule has 166 valence electrons. The molecule has 3 atom stereocenters. The molecule has 0 radical (unpaired) electrons. The second kappa shape index (κ2) is 7.66. The van der Waals surface area contributed by atoms with Gasteiger partial charge in [0.2, 0.25) is 11.1 Å². The molecule has 1 N–H and O–H groups in total. The van der Waals surface area contributed by atoms with Crippen LogP contribution in [0, 0.1) is 18.8 Å². The Kier molecular flexibility index (Phi) is 5.08. The van der Waals surface area contributed by atoms with Crippen LogP contribution in [0.25, 0.3) is 5.65 Å². The lowest BCUT2D eigenvalue weighted by Gasteiger charge is -2.37. The van der Waals surface area contributed by atoms with Crippen molar-refractivity contribution in [3.63, 3.8) is 0 Å². The highest BCUT2D eigenvalue weighted by atomic mass is 35.5. The second-order valence-electron chi connectivity index (χ2n) is 7.93. The number of anilines is 2. The predicted molar refractivity (Wildman–Crippen MR) is 110 cm³/mol. The zero-order valence-corrected chi connectivity index (χ0v) is 18.0. The molecule has 1 saturated heterocycles. The summed E-state index contributed by atoms with van der Waals surface area (Å²) in [4.78, 5) is 11.2. The molecule has 3 aromatic heterocycles. The van der Waals surface area contributed by atoms with E-state index in [2.05, 4.69) is 29.7 Å². The summed E-state index contributed by atoms with van der Waals surface area (Å²) in [6.45, 7) is 2.19. The molecule has 3 aromatic rings. The second-order valence-corrected chi connectivity index (χ2v) is 9.09. The fraction of sp³-hybridized carbons (Fsp3) is 0.556. The van der Waals surface area contributed by atoms with Gasteiger partial charge in [-0.25, -0.2) is 9.50 Å². The largest absolute Gasteiger partial charge is 0.480 e. The first kappa shape index (κ1) is 20.6. The number of aryl methyl sites for hydroxylation is 1. The molecule has 2 fully saturated rings. The Morgan fingerprint density at radius 3 is 2.65 bits per heavy atom. The Balaban J connectivity index is 1.34. The molecule has 2 bridgehead atoms. The number of alkyl halides is 3. The van der Waals surface area contributed by atoms with Crippen molar-refractivity contribution in [2.24, 2.45) is 11.8 Å². The summed E-state index contributed by atoms with van der Waals surface area (Å²) in [5.41, 5.74) is 0.185. The van der Waals surface area contributed by atoms with E-state index in [4.69, 9.17) is 16.3 Å². The highest BCUT2D eigenvalue weighted by molar-refractivity contribution is 7.09. The van der Waals surface area contributed by atoms with E-state index in [1.165, 1.54) is 28.3 Å². The Bertz CT molecular complexity index is 1090. The van der Waals surface area contributed by atoms with Gasteiger partial charge in [0.25, 0.3) is 0 Å². The average Bonchev–Trinajstić information content (AvgIpc) is 3.35. The highest BCUT2D eigenvalue weighted by Crippen LogP contribution is 2.40. The number of ether oxygens (including phenoxy) is 1. The SMILES string of the molecule is Cc1nsc(N2C[C@H]3CC[C@@H](C2)[C@@H]3Nc2nc3c(OCC(F)(F)F)cc(Cl)cn3n2)n1. The quantitative estimate of drug-likeness (QED) is 0.603. The number of hydrogen-bond donors (Lipinski definition) is 1. The van der Waals surface area contributed by atoms with Crippen LogP contribution < -0.4 is 15.0 Å². The van der Waals surface area contributed by atoms with Crippen molar-refractivity contribution in [3.05, 3.63) is 23.1 Å². The van der Waals surface area contributed by atoms with Crippen molar-refractivity contribution < 1.29 is 17.9 Å². The third-order valence-corrected chi connectivity index (χ3v) is 6.75. The first-order valence-corrected chi connectivity index (χ1v) is 11.0. The van der Waals surface area contributed by atoms with E-state index in [1.54, 1.807) is 0 Å². The van der Waals surface area contributed by atoms with E-state index in [1.807, 2.05) is 6.92 Å². The summed E-state index contributed by atoms with van der Waals surface area (Å²) in [5, 5.41) is 8.92. The molecule has 5 rings (SSSR count). The number of halogens is 4. The van der Waals surface area contributed by atoms with Gasteiger partial charge in [-0.15, -0.1) is 5.10 Å². The topological polar surface area (TPSA) is 80.5 Å². The number of pyridine rings is 1. The summed E-state index contributed by atoms with van der Waals surface area (Å²) in [7, 11) is 0. The first-order valence-electron chi connectivity index (χ1n) is 9.82. The maximum Gasteiger partial charge on any atom is 0.422 e. The maximum absolute atomic E-state index is 12.6. The number of aromatic nitrogens is 5.